The summed E-state index contributed by atoms with van der Waals surface area (Å²) in [6.45, 7) is 3.84. The Labute approximate surface area is 117 Å². The number of aryl methyl sites for hydroxylation is 1. The van der Waals surface area contributed by atoms with Gasteiger partial charge >= 0.3 is 0 Å². The molecule has 0 aliphatic heterocycles. The maximum absolute atomic E-state index is 13.5. The van der Waals surface area contributed by atoms with E-state index in [9.17, 15) is 9.18 Å². The molecule has 20 heavy (non-hydrogen) atoms. The Bertz CT molecular complexity index is 621. The lowest BCUT2D eigenvalue weighted by molar-refractivity contribution is -0.121. The number of nitrogens with one attached hydrogen (secondary N) is 1. The molecule has 1 heterocycles. The topological polar surface area (TPSA) is 46.9 Å². The smallest absolute Gasteiger partial charge is 0.225 e. The van der Waals surface area contributed by atoms with Crippen molar-refractivity contribution in [2.45, 2.75) is 26.3 Å². The number of halogens is 1. The number of amides is 1. The number of nitrogens with zero attached hydrogens (tertiary/aromatic N) is 2. The van der Waals surface area contributed by atoms with Crippen LogP contribution in [-0.2, 0) is 18.3 Å². The summed E-state index contributed by atoms with van der Waals surface area (Å²) in [5.41, 5.74) is 2.37. The molecule has 106 valence electrons. The number of carbonyl (C=O) groups excluding carboxylic acids is 1. The Kier molecular flexibility index (Phi) is 4.17. The lowest BCUT2D eigenvalue weighted by Gasteiger charge is -2.14. The zero-order valence-electron chi connectivity index (χ0n) is 11.9. The van der Waals surface area contributed by atoms with E-state index >= 15 is 0 Å². The molecule has 1 aromatic carbocycles. The highest BCUT2D eigenvalue weighted by Crippen LogP contribution is 2.16. The van der Waals surface area contributed by atoms with Gasteiger partial charge in [0.15, 0.2) is 0 Å². The van der Waals surface area contributed by atoms with Crippen LogP contribution in [0.15, 0.2) is 30.5 Å². The summed E-state index contributed by atoms with van der Waals surface area (Å²) in [7, 11) is 1.85. The standard InChI is InChI=1S/C15H18FN3O/c1-10(13-9-17-19(3)11(13)2)18-15(20)8-12-6-4-5-7-14(12)16/h4-7,9-10H,8H2,1-3H3,(H,18,20). The van der Waals surface area contributed by atoms with Gasteiger partial charge in [-0.2, -0.15) is 5.10 Å². The molecule has 0 aliphatic rings. The minimum absolute atomic E-state index is 0.0380. The molecule has 2 rings (SSSR count). The van der Waals surface area contributed by atoms with Crippen LogP contribution < -0.4 is 5.32 Å². The Morgan fingerprint density at radius 2 is 2.15 bits per heavy atom. The van der Waals surface area contributed by atoms with Crippen molar-refractivity contribution in [3.63, 3.8) is 0 Å². The molecule has 0 fully saturated rings. The minimum Gasteiger partial charge on any atom is -0.349 e. The van der Waals surface area contributed by atoms with Gasteiger partial charge in [-0.3, -0.25) is 9.48 Å². The van der Waals surface area contributed by atoms with Crippen molar-refractivity contribution < 1.29 is 9.18 Å². The molecule has 1 N–H and O–H groups in total. The third-order valence-corrected chi connectivity index (χ3v) is 3.43. The Balaban J connectivity index is 2.02. The predicted octanol–water partition coefficient (Wildman–Crippen LogP) is 2.29. The quantitative estimate of drug-likeness (QED) is 0.930. The summed E-state index contributed by atoms with van der Waals surface area (Å²) in [5, 5.41) is 7.02. The van der Waals surface area contributed by atoms with Crippen LogP contribution >= 0.6 is 0 Å². The molecule has 5 heteroatoms. The average molecular weight is 275 g/mol. The van der Waals surface area contributed by atoms with E-state index < -0.39 is 0 Å². The van der Waals surface area contributed by atoms with E-state index in [4.69, 9.17) is 0 Å². The highest BCUT2D eigenvalue weighted by atomic mass is 19.1. The van der Waals surface area contributed by atoms with Crippen molar-refractivity contribution in [2.75, 3.05) is 0 Å². The highest BCUT2D eigenvalue weighted by Gasteiger charge is 2.15. The van der Waals surface area contributed by atoms with Crippen molar-refractivity contribution in [3.8, 4) is 0 Å². The number of rotatable bonds is 4. The zero-order chi connectivity index (χ0) is 14.7. The average Bonchev–Trinajstić information content (AvgIpc) is 2.73. The van der Waals surface area contributed by atoms with Gasteiger partial charge < -0.3 is 5.32 Å². The first-order valence-electron chi connectivity index (χ1n) is 6.50. The number of aromatic nitrogens is 2. The van der Waals surface area contributed by atoms with Crippen molar-refractivity contribution in [1.29, 1.82) is 0 Å². The normalized spacial score (nSPS) is 12.2. The first-order valence-corrected chi connectivity index (χ1v) is 6.50. The van der Waals surface area contributed by atoms with Gasteiger partial charge in [0.25, 0.3) is 0 Å². The van der Waals surface area contributed by atoms with Crippen molar-refractivity contribution in [2.24, 2.45) is 7.05 Å². The Morgan fingerprint density at radius 3 is 2.75 bits per heavy atom. The van der Waals surface area contributed by atoms with E-state index in [1.54, 1.807) is 29.1 Å². The van der Waals surface area contributed by atoms with E-state index in [1.165, 1.54) is 6.07 Å². The van der Waals surface area contributed by atoms with Gasteiger partial charge in [0.1, 0.15) is 5.82 Å². The molecular formula is C15H18FN3O. The van der Waals surface area contributed by atoms with E-state index in [-0.39, 0.29) is 24.2 Å². The van der Waals surface area contributed by atoms with Crippen LogP contribution in [0.25, 0.3) is 0 Å². The van der Waals surface area contributed by atoms with Crippen molar-refractivity contribution in [1.82, 2.24) is 15.1 Å². The minimum atomic E-state index is -0.354. The van der Waals surface area contributed by atoms with Gasteiger partial charge in [-0.25, -0.2) is 4.39 Å². The van der Waals surface area contributed by atoms with E-state index in [0.717, 1.165) is 11.3 Å². The van der Waals surface area contributed by atoms with E-state index in [2.05, 4.69) is 10.4 Å². The third-order valence-electron chi connectivity index (χ3n) is 3.43. The summed E-state index contributed by atoms with van der Waals surface area (Å²) in [5.74, 6) is -0.557. The lowest BCUT2D eigenvalue weighted by atomic mass is 10.1. The van der Waals surface area contributed by atoms with Gasteiger partial charge in [-0.05, 0) is 25.5 Å². The highest BCUT2D eigenvalue weighted by molar-refractivity contribution is 5.79. The van der Waals surface area contributed by atoms with Crippen molar-refractivity contribution >= 4 is 5.91 Å². The SMILES string of the molecule is Cc1c(C(C)NC(=O)Cc2ccccc2F)cnn1C. The fourth-order valence-electron chi connectivity index (χ4n) is 2.13. The molecule has 0 spiro atoms. The zero-order valence-corrected chi connectivity index (χ0v) is 11.9. The van der Waals surface area contributed by atoms with Crippen LogP contribution in [0.4, 0.5) is 4.39 Å². The van der Waals surface area contributed by atoms with Gasteiger partial charge in [0, 0.05) is 18.3 Å². The van der Waals surface area contributed by atoms with E-state index in [0.29, 0.717) is 5.56 Å². The molecule has 0 aliphatic carbocycles. The molecule has 0 bridgehead atoms. The summed E-state index contributed by atoms with van der Waals surface area (Å²) in [6.07, 6.45) is 1.78. The van der Waals surface area contributed by atoms with Gasteiger partial charge in [-0.15, -0.1) is 0 Å². The number of hydrogen-bond acceptors (Lipinski definition) is 2. The fraction of sp³-hybridized carbons (Fsp3) is 0.333. The van der Waals surface area contributed by atoms with Gasteiger partial charge in [0.2, 0.25) is 5.91 Å². The fourth-order valence-corrected chi connectivity index (χ4v) is 2.13. The molecule has 1 aromatic heterocycles. The van der Waals surface area contributed by atoms with Crippen LogP contribution in [0.1, 0.15) is 29.8 Å². The predicted molar refractivity (Wildman–Crippen MR) is 74.6 cm³/mol. The summed E-state index contributed by atoms with van der Waals surface area (Å²) >= 11 is 0. The maximum Gasteiger partial charge on any atom is 0.225 e. The molecule has 1 unspecified atom stereocenters. The second kappa shape index (κ2) is 5.86. The molecule has 1 amide bonds. The Morgan fingerprint density at radius 1 is 1.45 bits per heavy atom. The van der Waals surface area contributed by atoms with Crippen LogP contribution in [0.3, 0.4) is 0 Å². The number of benzene rings is 1. The molecule has 0 saturated heterocycles. The van der Waals surface area contributed by atoms with Crippen LogP contribution in [0.5, 0.6) is 0 Å². The maximum atomic E-state index is 13.5. The molecule has 0 saturated carbocycles. The first-order chi connectivity index (χ1) is 9.49. The van der Waals surface area contributed by atoms with Gasteiger partial charge in [-0.1, -0.05) is 18.2 Å². The molecule has 2 aromatic rings. The molecular weight excluding hydrogens is 257 g/mol. The summed E-state index contributed by atoms with van der Waals surface area (Å²) in [6, 6.07) is 6.16. The van der Waals surface area contributed by atoms with E-state index in [1.807, 2.05) is 20.9 Å². The summed E-state index contributed by atoms with van der Waals surface area (Å²) < 4.78 is 15.2. The van der Waals surface area contributed by atoms with Crippen LogP contribution in [0, 0.1) is 12.7 Å². The van der Waals surface area contributed by atoms with Crippen LogP contribution in [0.2, 0.25) is 0 Å². The van der Waals surface area contributed by atoms with Gasteiger partial charge in [0.05, 0.1) is 18.7 Å². The summed E-state index contributed by atoms with van der Waals surface area (Å²) in [4.78, 5) is 12.0. The number of carbonyl (C=O) groups is 1. The molecule has 1 atom stereocenters. The second-order valence-corrected chi connectivity index (χ2v) is 4.87. The molecule has 4 nitrogen and oxygen atoms in total. The second-order valence-electron chi connectivity index (χ2n) is 4.87. The number of hydrogen-bond donors (Lipinski definition) is 1. The van der Waals surface area contributed by atoms with Crippen LogP contribution in [-0.4, -0.2) is 15.7 Å². The first kappa shape index (κ1) is 14.2. The third kappa shape index (κ3) is 3.04. The monoisotopic (exact) mass is 275 g/mol. The molecule has 0 radical (unpaired) electrons. The van der Waals surface area contributed by atoms with Crippen molar-refractivity contribution in [3.05, 3.63) is 53.1 Å². The Hall–Kier alpha value is -2.17. The largest absolute Gasteiger partial charge is 0.349 e. The lowest BCUT2D eigenvalue weighted by Crippen LogP contribution is -2.28.